The number of rotatable bonds is 7. The van der Waals surface area contributed by atoms with E-state index in [9.17, 15) is 4.79 Å². The minimum absolute atomic E-state index is 0.0722. The number of aromatic nitrogens is 3. The summed E-state index contributed by atoms with van der Waals surface area (Å²) >= 11 is 4.81. The first-order chi connectivity index (χ1) is 13.5. The van der Waals surface area contributed by atoms with Crippen LogP contribution in [0.15, 0.2) is 64.7 Å². The first-order valence-corrected chi connectivity index (χ1v) is 10.6. The summed E-state index contributed by atoms with van der Waals surface area (Å²) in [6, 6.07) is 13.9. The van der Waals surface area contributed by atoms with Crippen LogP contribution in [0.4, 0.5) is 5.69 Å². The maximum absolute atomic E-state index is 12.4. The third-order valence-corrected chi connectivity index (χ3v) is 5.63. The van der Waals surface area contributed by atoms with Crippen LogP contribution in [0.5, 0.6) is 0 Å². The van der Waals surface area contributed by atoms with Gasteiger partial charge in [-0.1, -0.05) is 58.0 Å². The number of nitrogens with zero attached hydrogens (tertiary/aromatic N) is 3. The Balaban J connectivity index is 1.73. The number of thioether (sulfide) groups is 1. The van der Waals surface area contributed by atoms with Gasteiger partial charge in [0.05, 0.1) is 5.75 Å². The molecule has 0 saturated carbocycles. The number of nitrogens with one attached hydrogen (secondary N) is 1. The molecule has 0 aliphatic rings. The molecule has 5 nitrogen and oxygen atoms in total. The van der Waals surface area contributed by atoms with Gasteiger partial charge in [0, 0.05) is 22.3 Å². The predicted molar refractivity (Wildman–Crippen MR) is 119 cm³/mol. The van der Waals surface area contributed by atoms with Gasteiger partial charge in [-0.2, -0.15) is 0 Å². The first kappa shape index (κ1) is 20.4. The van der Waals surface area contributed by atoms with Gasteiger partial charge in [0.25, 0.3) is 0 Å². The van der Waals surface area contributed by atoms with Crippen molar-refractivity contribution < 1.29 is 4.79 Å². The molecule has 1 heterocycles. The van der Waals surface area contributed by atoms with E-state index in [1.807, 2.05) is 60.9 Å². The highest BCUT2D eigenvalue weighted by Crippen LogP contribution is 2.26. The highest BCUT2D eigenvalue weighted by atomic mass is 79.9. The maximum Gasteiger partial charge on any atom is 0.234 e. The number of hydrogen-bond acceptors (Lipinski definition) is 4. The number of aryl methyl sites for hydroxylation is 2. The molecule has 1 amide bonds. The molecule has 0 atom stereocenters. The molecule has 0 unspecified atom stereocenters. The quantitative estimate of drug-likeness (QED) is 0.389. The minimum Gasteiger partial charge on any atom is -0.325 e. The molecule has 7 heteroatoms. The van der Waals surface area contributed by atoms with Crippen molar-refractivity contribution in [1.29, 1.82) is 0 Å². The fraction of sp³-hybridized carbons (Fsp3) is 0.190. The molecule has 2 aromatic carbocycles. The van der Waals surface area contributed by atoms with E-state index < -0.39 is 0 Å². The normalized spacial score (nSPS) is 10.7. The lowest BCUT2D eigenvalue weighted by molar-refractivity contribution is -0.113. The average Bonchev–Trinajstić information content (AvgIpc) is 3.07. The Kier molecular flexibility index (Phi) is 6.70. The number of anilines is 1. The van der Waals surface area contributed by atoms with Crippen LogP contribution < -0.4 is 5.32 Å². The highest BCUT2D eigenvalue weighted by Gasteiger charge is 2.15. The Bertz CT molecular complexity index is 998. The van der Waals surface area contributed by atoms with Crippen LogP contribution in [0.3, 0.4) is 0 Å². The van der Waals surface area contributed by atoms with Crippen LogP contribution in [0.2, 0.25) is 0 Å². The van der Waals surface area contributed by atoms with Gasteiger partial charge >= 0.3 is 0 Å². The summed E-state index contributed by atoms with van der Waals surface area (Å²) in [5.41, 5.74) is 3.95. The van der Waals surface area contributed by atoms with E-state index >= 15 is 0 Å². The van der Waals surface area contributed by atoms with Crippen molar-refractivity contribution in [1.82, 2.24) is 14.8 Å². The number of halogens is 1. The predicted octanol–water partition coefficient (Wildman–Crippen LogP) is 5.24. The number of amides is 1. The fourth-order valence-electron chi connectivity index (χ4n) is 2.69. The second kappa shape index (κ2) is 9.21. The van der Waals surface area contributed by atoms with Gasteiger partial charge in [0.15, 0.2) is 11.0 Å². The lowest BCUT2D eigenvalue weighted by Gasteiger charge is -2.10. The topological polar surface area (TPSA) is 59.8 Å². The first-order valence-electron chi connectivity index (χ1n) is 8.78. The van der Waals surface area contributed by atoms with Gasteiger partial charge in [0.2, 0.25) is 5.91 Å². The highest BCUT2D eigenvalue weighted by molar-refractivity contribution is 9.10. The van der Waals surface area contributed by atoms with Crippen molar-refractivity contribution >= 4 is 39.3 Å². The second-order valence-electron chi connectivity index (χ2n) is 6.37. The molecule has 28 heavy (non-hydrogen) atoms. The number of carbonyl (C=O) groups excluding carboxylic acids is 1. The SMILES string of the molecule is C=CCn1c(SCC(=O)Nc2cc(C)ccc2C)nnc1-c1ccc(Br)cc1. The molecule has 3 rings (SSSR count). The van der Waals surface area contributed by atoms with Crippen molar-refractivity contribution in [3.05, 3.63) is 70.7 Å². The molecule has 0 spiro atoms. The fourth-order valence-corrected chi connectivity index (χ4v) is 3.70. The van der Waals surface area contributed by atoms with Crippen molar-refractivity contribution in [3.63, 3.8) is 0 Å². The molecule has 0 aliphatic heterocycles. The third kappa shape index (κ3) is 4.91. The van der Waals surface area contributed by atoms with Crippen molar-refractivity contribution in [2.45, 2.75) is 25.5 Å². The van der Waals surface area contributed by atoms with Gasteiger partial charge in [-0.15, -0.1) is 16.8 Å². The summed E-state index contributed by atoms with van der Waals surface area (Å²) in [5.74, 6) is 0.935. The van der Waals surface area contributed by atoms with Gasteiger partial charge in [0.1, 0.15) is 0 Å². The molecule has 3 aromatic rings. The summed E-state index contributed by atoms with van der Waals surface area (Å²) in [4.78, 5) is 12.4. The van der Waals surface area contributed by atoms with E-state index in [0.29, 0.717) is 11.7 Å². The zero-order valence-corrected chi connectivity index (χ0v) is 18.2. The van der Waals surface area contributed by atoms with Gasteiger partial charge in [-0.3, -0.25) is 9.36 Å². The number of benzene rings is 2. The van der Waals surface area contributed by atoms with E-state index in [0.717, 1.165) is 32.7 Å². The molecule has 1 aromatic heterocycles. The van der Waals surface area contributed by atoms with Crippen LogP contribution >= 0.6 is 27.7 Å². The Labute approximate surface area is 177 Å². The molecular weight excluding hydrogens is 436 g/mol. The van der Waals surface area contributed by atoms with E-state index in [4.69, 9.17) is 0 Å². The molecular formula is C21H21BrN4OS. The molecule has 0 radical (unpaired) electrons. The lowest BCUT2D eigenvalue weighted by Crippen LogP contribution is -2.15. The van der Waals surface area contributed by atoms with Crippen molar-refractivity contribution in [2.75, 3.05) is 11.1 Å². The Morgan fingerprint density at radius 3 is 2.68 bits per heavy atom. The van der Waals surface area contributed by atoms with E-state index in [1.54, 1.807) is 6.08 Å². The van der Waals surface area contributed by atoms with Crippen LogP contribution in [0, 0.1) is 13.8 Å². The molecule has 0 bridgehead atoms. The Morgan fingerprint density at radius 1 is 1.21 bits per heavy atom. The zero-order valence-electron chi connectivity index (χ0n) is 15.8. The maximum atomic E-state index is 12.4. The summed E-state index contributed by atoms with van der Waals surface area (Å²) in [6.07, 6.45) is 1.80. The zero-order chi connectivity index (χ0) is 20.1. The average molecular weight is 457 g/mol. The molecule has 144 valence electrons. The number of allylic oxidation sites excluding steroid dienone is 1. The van der Waals surface area contributed by atoms with Crippen LogP contribution in [-0.4, -0.2) is 26.4 Å². The molecule has 0 fully saturated rings. The summed E-state index contributed by atoms with van der Waals surface area (Å²) in [7, 11) is 0. The standard InChI is InChI=1S/C21H21BrN4OS/c1-4-11-26-20(16-7-9-17(22)10-8-16)24-25-21(26)28-13-19(27)23-18-12-14(2)5-6-15(18)3/h4-10,12H,1,11,13H2,2-3H3,(H,23,27). The van der Waals surface area contributed by atoms with Gasteiger partial charge in [-0.25, -0.2) is 0 Å². The number of hydrogen-bond donors (Lipinski definition) is 1. The summed E-state index contributed by atoms with van der Waals surface area (Å²) in [6.45, 7) is 8.38. The second-order valence-corrected chi connectivity index (χ2v) is 8.23. The third-order valence-electron chi connectivity index (χ3n) is 4.13. The largest absolute Gasteiger partial charge is 0.325 e. The monoisotopic (exact) mass is 456 g/mol. The van der Waals surface area contributed by atoms with Crippen LogP contribution in [0.1, 0.15) is 11.1 Å². The van der Waals surface area contributed by atoms with E-state index in [-0.39, 0.29) is 11.7 Å². The molecule has 0 saturated heterocycles. The molecule has 0 aliphatic carbocycles. The summed E-state index contributed by atoms with van der Waals surface area (Å²) < 4.78 is 2.97. The van der Waals surface area contributed by atoms with Gasteiger partial charge in [-0.05, 0) is 43.2 Å². The van der Waals surface area contributed by atoms with Crippen molar-refractivity contribution in [2.24, 2.45) is 0 Å². The number of carbonyl (C=O) groups is 1. The smallest absolute Gasteiger partial charge is 0.234 e. The lowest BCUT2D eigenvalue weighted by atomic mass is 10.1. The molecule has 1 N–H and O–H groups in total. The van der Waals surface area contributed by atoms with Crippen LogP contribution in [0.25, 0.3) is 11.4 Å². The van der Waals surface area contributed by atoms with Crippen molar-refractivity contribution in [3.8, 4) is 11.4 Å². The van der Waals surface area contributed by atoms with E-state index in [1.165, 1.54) is 11.8 Å². The van der Waals surface area contributed by atoms with E-state index in [2.05, 4.69) is 38.0 Å². The van der Waals surface area contributed by atoms with Crippen LogP contribution in [-0.2, 0) is 11.3 Å². The Morgan fingerprint density at radius 2 is 1.96 bits per heavy atom. The minimum atomic E-state index is -0.0722. The Hall–Kier alpha value is -2.38. The summed E-state index contributed by atoms with van der Waals surface area (Å²) in [5, 5.41) is 12.3. The van der Waals surface area contributed by atoms with Gasteiger partial charge < -0.3 is 5.32 Å².